The van der Waals surface area contributed by atoms with E-state index in [2.05, 4.69) is 10.3 Å². The van der Waals surface area contributed by atoms with E-state index < -0.39 is 11.9 Å². The third-order valence-electron chi connectivity index (χ3n) is 2.62. The molecule has 0 aliphatic carbocycles. The SMILES string of the molecule is NC(=O)c1ccccc1NCCc1nc(C(=O)O)cs1. The first kappa shape index (κ1) is 14.0. The highest BCUT2D eigenvalue weighted by atomic mass is 32.1. The summed E-state index contributed by atoms with van der Waals surface area (Å²) in [5.41, 5.74) is 6.43. The molecule has 20 heavy (non-hydrogen) atoms. The number of rotatable bonds is 6. The van der Waals surface area contributed by atoms with E-state index in [9.17, 15) is 9.59 Å². The van der Waals surface area contributed by atoms with Gasteiger partial charge in [-0.05, 0) is 12.1 Å². The minimum absolute atomic E-state index is 0.0579. The molecule has 1 aromatic carbocycles. The van der Waals surface area contributed by atoms with Gasteiger partial charge in [0.15, 0.2) is 5.69 Å². The van der Waals surface area contributed by atoms with Crippen molar-refractivity contribution in [2.75, 3.05) is 11.9 Å². The molecular formula is C13H13N3O3S. The highest BCUT2D eigenvalue weighted by molar-refractivity contribution is 7.09. The van der Waals surface area contributed by atoms with E-state index in [1.807, 2.05) is 0 Å². The summed E-state index contributed by atoms with van der Waals surface area (Å²) in [5, 5.41) is 14.1. The van der Waals surface area contributed by atoms with Crippen molar-refractivity contribution in [3.05, 3.63) is 45.9 Å². The van der Waals surface area contributed by atoms with Gasteiger partial charge in [-0.15, -0.1) is 11.3 Å². The molecular weight excluding hydrogens is 278 g/mol. The van der Waals surface area contributed by atoms with Crippen molar-refractivity contribution in [1.82, 2.24) is 4.98 Å². The number of nitrogens with one attached hydrogen (secondary N) is 1. The van der Waals surface area contributed by atoms with Gasteiger partial charge in [0.05, 0.1) is 10.6 Å². The van der Waals surface area contributed by atoms with Crippen molar-refractivity contribution in [1.29, 1.82) is 0 Å². The minimum atomic E-state index is -1.03. The van der Waals surface area contributed by atoms with Gasteiger partial charge < -0.3 is 16.2 Å². The van der Waals surface area contributed by atoms with Gasteiger partial charge >= 0.3 is 5.97 Å². The predicted octanol–water partition coefficient (Wildman–Crippen LogP) is 1.59. The Balaban J connectivity index is 1.96. The van der Waals surface area contributed by atoms with Crippen LogP contribution in [0.15, 0.2) is 29.6 Å². The van der Waals surface area contributed by atoms with Crippen molar-refractivity contribution in [2.45, 2.75) is 6.42 Å². The van der Waals surface area contributed by atoms with Gasteiger partial charge in [-0.2, -0.15) is 0 Å². The van der Waals surface area contributed by atoms with Gasteiger partial charge in [-0.3, -0.25) is 4.79 Å². The number of nitrogens with zero attached hydrogens (tertiary/aromatic N) is 1. The molecule has 0 saturated heterocycles. The number of primary amides is 1. The van der Waals surface area contributed by atoms with Crippen LogP contribution in [-0.4, -0.2) is 28.5 Å². The number of carbonyl (C=O) groups excluding carboxylic acids is 1. The largest absolute Gasteiger partial charge is 0.476 e. The summed E-state index contributed by atoms with van der Waals surface area (Å²) in [7, 11) is 0. The summed E-state index contributed by atoms with van der Waals surface area (Å²) < 4.78 is 0. The number of thiazole rings is 1. The Morgan fingerprint density at radius 3 is 2.75 bits per heavy atom. The number of hydrogen-bond acceptors (Lipinski definition) is 5. The van der Waals surface area contributed by atoms with Crippen molar-refractivity contribution >= 4 is 28.9 Å². The number of hydrogen-bond donors (Lipinski definition) is 3. The molecule has 0 saturated carbocycles. The summed E-state index contributed by atoms with van der Waals surface area (Å²) in [6, 6.07) is 6.97. The van der Waals surface area contributed by atoms with Crippen LogP contribution in [0.4, 0.5) is 5.69 Å². The highest BCUT2D eigenvalue weighted by Gasteiger charge is 2.09. The van der Waals surface area contributed by atoms with E-state index in [1.54, 1.807) is 24.3 Å². The monoisotopic (exact) mass is 291 g/mol. The van der Waals surface area contributed by atoms with Crippen LogP contribution in [0.25, 0.3) is 0 Å². The van der Waals surface area contributed by atoms with Crippen LogP contribution in [0.3, 0.4) is 0 Å². The third-order valence-corrected chi connectivity index (χ3v) is 3.53. The van der Waals surface area contributed by atoms with Gasteiger partial charge in [0.1, 0.15) is 0 Å². The van der Waals surface area contributed by atoms with Gasteiger partial charge in [0.25, 0.3) is 5.91 Å². The lowest BCUT2D eigenvalue weighted by molar-refractivity contribution is 0.0691. The Kier molecular flexibility index (Phi) is 4.31. The number of carboxylic acid groups (broad SMARTS) is 1. The number of para-hydroxylation sites is 1. The molecule has 2 rings (SSSR count). The summed E-state index contributed by atoms with van der Waals surface area (Å²) in [6.45, 7) is 0.539. The maximum atomic E-state index is 11.2. The molecule has 0 radical (unpaired) electrons. The lowest BCUT2D eigenvalue weighted by Gasteiger charge is -2.08. The van der Waals surface area contributed by atoms with Gasteiger partial charge in [-0.1, -0.05) is 12.1 Å². The topological polar surface area (TPSA) is 105 Å². The zero-order valence-corrected chi connectivity index (χ0v) is 11.3. The smallest absolute Gasteiger partial charge is 0.355 e. The first-order valence-corrected chi connectivity index (χ1v) is 6.76. The van der Waals surface area contributed by atoms with Gasteiger partial charge in [0, 0.05) is 24.0 Å². The minimum Gasteiger partial charge on any atom is -0.476 e. The number of anilines is 1. The quantitative estimate of drug-likeness (QED) is 0.749. The van der Waals surface area contributed by atoms with E-state index in [4.69, 9.17) is 10.8 Å². The zero-order valence-electron chi connectivity index (χ0n) is 10.5. The molecule has 0 fully saturated rings. The molecule has 104 valence electrons. The average molecular weight is 291 g/mol. The van der Waals surface area contributed by atoms with E-state index in [-0.39, 0.29) is 5.69 Å². The van der Waals surface area contributed by atoms with Crippen LogP contribution in [0.2, 0.25) is 0 Å². The molecule has 1 aromatic heterocycles. The Labute approximate surface area is 119 Å². The van der Waals surface area contributed by atoms with Crippen molar-refractivity contribution in [3.63, 3.8) is 0 Å². The lowest BCUT2D eigenvalue weighted by atomic mass is 10.1. The predicted molar refractivity (Wildman–Crippen MR) is 76.2 cm³/mol. The normalized spacial score (nSPS) is 10.2. The van der Waals surface area contributed by atoms with Crippen molar-refractivity contribution in [3.8, 4) is 0 Å². The second kappa shape index (κ2) is 6.16. The molecule has 2 aromatic rings. The summed E-state index contributed by atoms with van der Waals surface area (Å²) in [5.74, 6) is -1.52. The van der Waals surface area contributed by atoms with Crippen LogP contribution in [0, 0.1) is 0 Å². The number of aromatic carboxylic acids is 1. The zero-order chi connectivity index (χ0) is 14.5. The molecule has 1 amide bonds. The molecule has 0 aliphatic rings. The second-order valence-electron chi connectivity index (χ2n) is 4.02. The Bertz CT molecular complexity index is 639. The van der Waals surface area contributed by atoms with Crippen LogP contribution < -0.4 is 11.1 Å². The molecule has 0 aliphatic heterocycles. The van der Waals surface area contributed by atoms with E-state index in [0.717, 1.165) is 5.01 Å². The highest BCUT2D eigenvalue weighted by Crippen LogP contribution is 2.15. The fraction of sp³-hybridized carbons (Fsp3) is 0.154. The lowest BCUT2D eigenvalue weighted by Crippen LogP contribution is -2.15. The molecule has 0 bridgehead atoms. The average Bonchev–Trinajstić information content (AvgIpc) is 2.88. The molecule has 1 heterocycles. The Hall–Kier alpha value is -2.41. The Morgan fingerprint density at radius 1 is 1.35 bits per heavy atom. The third kappa shape index (κ3) is 3.33. The number of nitrogens with two attached hydrogens (primary N) is 1. The number of carbonyl (C=O) groups is 2. The molecule has 7 heteroatoms. The summed E-state index contributed by atoms with van der Waals surface area (Å²) >= 11 is 1.30. The molecule has 0 spiro atoms. The fourth-order valence-corrected chi connectivity index (χ4v) is 2.45. The van der Waals surface area contributed by atoms with Gasteiger partial charge in [0.2, 0.25) is 0 Å². The number of aromatic nitrogens is 1. The Morgan fingerprint density at radius 2 is 2.10 bits per heavy atom. The molecule has 0 unspecified atom stereocenters. The van der Waals surface area contributed by atoms with Crippen LogP contribution in [0.5, 0.6) is 0 Å². The van der Waals surface area contributed by atoms with Crippen LogP contribution >= 0.6 is 11.3 Å². The first-order valence-electron chi connectivity index (χ1n) is 5.88. The summed E-state index contributed by atoms with van der Waals surface area (Å²) in [4.78, 5) is 25.9. The van der Waals surface area contributed by atoms with E-state index in [0.29, 0.717) is 24.2 Å². The van der Waals surface area contributed by atoms with Crippen molar-refractivity contribution < 1.29 is 14.7 Å². The maximum Gasteiger partial charge on any atom is 0.355 e. The van der Waals surface area contributed by atoms with Crippen LogP contribution in [-0.2, 0) is 6.42 Å². The molecule has 0 atom stereocenters. The standard InChI is InChI=1S/C13H13N3O3S/c14-12(17)8-3-1-2-4-9(8)15-6-5-11-16-10(7-20-11)13(18)19/h1-4,7,15H,5-6H2,(H2,14,17)(H,18,19). The van der Waals surface area contributed by atoms with Crippen molar-refractivity contribution in [2.24, 2.45) is 5.73 Å². The number of amides is 1. The summed E-state index contributed by atoms with van der Waals surface area (Å²) in [6.07, 6.45) is 0.574. The van der Waals surface area contributed by atoms with E-state index >= 15 is 0 Å². The maximum absolute atomic E-state index is 11.2. The van der Waals surface area contributed by atoms with Crippen LogP contribution in [0.1, 0.15) is 25.9 Å². The first-order chi connectivity index (χ1) is 9.58. The molecule has 6 nitrogen and oxygen atoms in total. The fourth-order valence-electron chi connectivity index (χ4n) is 1.68. The number of benzene rings is 1. The van der Waals surface area contributed by atoms with E-state index in [1.165, 1.54) is 16.7 Å². The molecule has 4 N–H and O–H groups in total. The second-order valence-corrected chi connectivity index (χ2v) is 4.96. The number of carboxylic acids is 1. The van der Waals surface area contributed by atoms with Gasteiger partial charge in [-0.25, -0.2) is 9.78 Å².